The molecule has 0 bridgehead atoms. The fourth-order valence-corrected chi connectivity index (χ4v) is 3.61. The molecule has 1 amide bonds. The van der Waals surface area contributed by atoms with E-state index >= 15 is 0 Å². The molecule has 3 heterocycles. The van der Waals surface area contributed by atoms with Crippen LogP contribution in [0.5, 0.6) is 0 Å². The van der Waals surface area contributed by atoms with Crippen LogP contribution in [0.1, 0.15) is 23.4 Å². The van der Waals surface area contributed by atoms with E-state index in [1.165, 1.54) is 23.6 Å². The highest BCUT2D eigenvalue weighted by atomic mass is 32.1. The second-order valence-electron chi connectivity index (χ2n) is 5.68. The van der Waals surface area contributed by atoms with Crippen molar-refractivity contribution in [1.29, 1.82) is 0 Å². The Morgan fingerprint density at radius 2 is 2.39 bits per heavy atom. The maximum Gasteiger partial charge on any atom is 0.224 e. The maximum atomic E-state index is 13.3. The Labute approximate surface area is 138 Å². The summed E-state index contributed by atoms with van der Waals surface area (Å²) in [6.07, 6.45) is 4.73. The molecule has 0 spiro atoms. The van der Waals surface area contributed by atoms with Crippen molar-refractivity contribution in [2.75, 3.05) is 13.1 Å². The molecule has 2 aromatic heterocycles. The summed E-state index contributed by atoms with van der Waals surface area (Å²) >= 11 is 1.46. The number of piperidine rings is 1. The Bertz CT molecular complexity index is 697. The molecule has 0 aromatic carbocycles. The maximum absolute atomic E-state index is 13.3. The highest BCUT2D eigenvalue weighted by molar-refractivity contribution is 7.15. The normalized spacial score (nSPS) is 17.9. The number of hydrogen-bond acceptors (Lipinski definition) is 5. The summed E-state index contributed by atoms with van der Waals surface area (Å²) in [6.45, 7) is 4.09. The Morgan fingerprint density at radius 1 is 1.52 bits per heavy atom. The second-order valence-corrected chi connectivity index (χ2v) is 6.76. The van der Waals surface area contributed by atoms with Crippen LogP contribution in [0.3, 0.4) is 0 Å². The molecular formula is C16H19FN4OS. The van der Waals surface area contributed by atoms with Gasteiger partial charge in [0.25, 0.3) is 0 Å². The molecule has 0 saturated carbocycles. The molecule has 2 aromatic rings. The molecule has 1 saturated heterocycles. The van der Waals surface area contributed by atoms with E-state index in [4.69, 9.17) is 0 Å². The summed E-state index contributed by atoms with van der Waals surface area (Å²) in [6, 6.07) is 1.42. The molecule has 2 N–H and O–H groups in total. The summed E-state index contributed by atoms with van der Waals surface area (Å²) < 4.78 is 13.3. The van der Waals surface area contributed by atoms with Gasteiger partial charge in [0.2, 0.25) is 5.91 Å². The summed E-state index contributed by atoms with van der Waals surface area (Å²) in [5.74, 6) is -0.252. The Balaban J connectivity index is 1.65. The fraction of sp³-hybridized carbons (Fsp3) is 0.438. The number of nitrogens with zero attached hydrogens (tertiary/aromatic N) is 2. The first-order chi connectivity index (χ1) is 11.1. The molecule has 1 unspecified atom stereocenters. The van der Waals surface area contributed by atoms with Gasteiger partial charge in [0.1, 0.15) is 10.8 Å². The van der Waals surface area contributed by atoms with Gasteiger partial charge in [-0.2, -0.15) is 0 Å². The number of nitrogens with one attached hydrogen (secondary N) is 2. The summed E-state index contributed by atoms with van der Waals surface area (Å²) in [5, 5.41) is 6.95. The zero-order valence-electron chi connectivity index (χ0n) is 12.9. The molecule has 1 fully saturated rings. The summed E-state index contributed by atoms with van der Waals surface area (Å²) in [5.41, 5.74) is 1.52. The molecule has 3 rings (SSSR count). The van der Waals surface area contributed by atoms with Gasteiger partial charge in [-0.25, -0.2) is 9.37 Å². The number of hydrogen-bond donors (Lipinski definition) is 2. The lowest BCUT2D eigenvalue weighted by molar-refractivity contribution is -0.125. The molecule has 122 valence electrons. The third kappa shape index (κ3) is 3.92. The lowest BCUT2D eigenvalue weighted by atomic mass is 9.99. The van der Waals surface area contributed by atoms with E-state index in [0.717, 1.165) is 41.5 Å². The minimum absolute atomic E-state index is 0.0452. The minimum Gasteiger partial charge on any atom is -0.351 e. The van der Waals surface area contributed by atoms with Crippen molar-refractivity contribution in [2.24, 2.45) is 5.92 Å². The lowest BCUT2D eigenvalue weighted by Crippen LogP contribution is -2.40. The lowest BCUT2D eigenvalue weighted by Gasteiger charge is -2.21. The number of carbonyl (C=O) groups is 1. The molecular weight excluding hydrogens is 315 g/mol. The molecule has 23 heavy (non-hydrogen) atoms. The first-order valence-corrected chi connectivity index (χ1v) is 8.51. The van der Waals surface area contributed by atoms with E-state index in [1.807, 2.05) is 6.92 Å². The van der Waals surface area contributed by atoms with Gasteiger partial charge in [-0.15, -0.1) is 11.3 Å². The standard InChI is InChI=1S/C16H19FN4OS/c1-10-14(9-20-15(22)11-3-2-4-18-6-11)23-16(21-10)12-5-13(17)8-19-7-12/h5,7-8,11,18H,2-4,6,9H2,1H3,(H,20,22). The molecule has 0 radical (unpaired) electrons. The van der Waals surface area contributed by atoms with E-state index in [-0.39, 0.29) is 17.6 Å². The quantitative estimate of drug-likeness (QED) is 0.900. The van der Waals surface area contributed by atoms with Crippen molar-refractivity contribution in [3.05, 3.63) is 34.8 Å². The number of aromatic nitrogens is 2. The minimum atomic E-state index is -0.380. The van der Waals surface area contributed by atoms with Crippen molar-refractivity contribution < 1.29 is 9.18 Å². The van der Waals surface area contributed by atoms with E-state index in [0.29, 0.717) is 12.1 Å². The second kappa shape index (κ2) is 7.14. The van der Waals surface area contributed by atoms with Gasteiger partial charge in [-0.3, -0.25) is 9.78 Å². The van der Waals surface area contributed by atoms with Gasteiger partial charge in [0.05, 0.1) is 24.4 Å². The zero-order chi connectivity index (χ0) is 16.2. The number of rotatable bonds is 4. The van der Waals surface area contributed by atoms with Crippen molar-refractivity contribution in [3.8, 4) is 10.6 Å². The topological polar surface area (TPSA) is 66.9 Å². The first kappa shape index (κ1) is 16.0. The van der Waals surface area contributed by atoms with Gasteiger partial charge in [-0.05, 0) is 32.4 Å². The summed E-state index contributed by atoms with van der Waals surface area (Å²) in [4.78, 5) is 21.5. The van der Waals surface area contributed by atoms with E-state index < -0.39 is 0 Å². The van der Waals surface area contributed by atoms with Gasteiger partial charge < -0.3 is 10.6 Å². The number of halogens is 1. The average molecular weight is 334 g/mol. The van der Waals surface area contributed by atoms with Crippen LogP contribution in [0.4, 0.5) is 4.39 Å². The molecule has 5 nitrogen and oxygen atoms in total. The Hall–Kier alpha value is -1.86. The van der Waals surface area contributed by atoms with Gasteiger partial charge in [0, 0.05) is 23.2 Å². The summed E-state index contributed by atoms with van der Waals surface area (Å²) in [7, 11) is 0. The van der Waals surface area contributed by atoms with Crippen molar-refractivity contribution in [1.82, 2.24) is 20.6 Å². The predicted molar refractivity (Wildman–Crippen MR) is 87.5 cm³/mol. The van der Waals surface area contributed by atoms with Crippen molar-refractivity contribution in [2.45, 2.75) is 26.3 Å². The molecule has 7 heteroatoms. The molecule has 1 atom stereocenters. The van der Waals surface area contributed by atoms with Crippen LogP contribution in [-0.2, 0) is 11.3 Å². The Morgan fingerprint density at radius 3 is 3.13 bits per heavy atom. The molecule has 1 aliphatic rings. The van der Waals surface area contributed by atoms with Crippen LogP contribution >= 0.6 is 11.3 Å². The Kier molecular flexibility index (Phi) is 4.97. The van der Waals surface area contributed by atoms with Gasteiger partial charge >= 0.3 is 0 Å². The zero-order valence-corrected chi connectivity index (χ0v) is 13.8. The van der Waals surface area contributed by atoms with Crippen molar-refractivity contribution >= 4 is 17.2 Å². The van der Waals surface area contributed by atoms with Crippen LogP contribution in [0, 0.1) is 18.7 Å². The van der Waals surface area contributed by atoms with Crippen LogP contribution in [0.15, 0.2) is 18.5 Å². The number of pyridine rings is 1. The van der Waals surface area contributed by atoms with Gasteiger partial charge in [0.15, 0.2) is 0 Å². The number of carbonyl (C=O) groups excluding carboxylic acids is 1. The highest BCUT2D eigenvalue weighted by Gasteiger charge is 2.21. The van der Waals surface area contributed by atoms with Gasteiger partial charge in [-0.1, -0.05) is 0 Å². The van der Waals surface area contributed by atoms with E-state index in [1.54, 1.807) is 6.20 Å². The molecule has 0 aliphatic carbocycles. The van der Waals surface area contributed by atoms with Crippen LogP contribution in [0.25, 0.3) is 10.6 Å². The third-order valence-electron chi connectivity index (χ3n) is 3.94. The number of aryl methyl sites for hydroxylation is 1. The van der Waals surface area contributed by atoms with Crippen LogP contribution in [0.2, 0.25) is 0 Å². The monoisotopic (exact) mass is 334 g/mol. The van der Waals surface area contributed by atoms with Crippen LogP contribution < -0.4 is 10.6 Å². The van der Waals surface area contributed by atoms with E-state index in [9.17, 15) is 9.18 Å². The third-order valence-corrected chi connectivity index (χ3v) is 5.14. The SMILES string of the molecule is Cc1nc(-c2cncc(F)c2)sc1CNC(=O)C1CCCNC1. The van der Waals surface area contributed by atoms with Crippen LogP contribution in [-0.4, -0.2) is 29.0 Å². The predicted octanol–water partition coefficient (Wildman–Crippen LogP) is 2.27. The first-order valence-electron chi connectivity index (χ1n) is 7.69. The number of thiazole rings is 1. The fourth-order valence-electron chi connectivity index (χ4n) is 2.63. The smallest absolute Gasteiger partial charge is 0.224 e. The van der Waals surface area contributed by atoms with Crippen molar-refractivity contribution in [3.63, 3.8) is 0 Å². The number of amides is 1. The van der Waals surface area contributed by atoms with E-state index in [2.05, 4.69) is 20.6 Å². The largest absolute Gasteiger partial charge is 0.351 e. The highest BCUT2D eigenvalue weighted by Crippen LogP contribution is 2.27. The average Bonchev–Trinajstić information content (AvgIpc) is 2.94. The molecule has 1 aliphatic heterocycles.